The zero-order chi connectivity index (χ0) is 25.1. The molecule has 0 amide bonds. The summed E-state index contributed by atoms with van der Waals surface area (Å²) in [6, 6.07) is 42.2. The molecule has 0 saturated heterocycles. The van der Waals surface area contributed by atoms with Crippen LogP contribution in [0.3, 0.4) is 0 Å². The van der Waals surface area contributed by atoms with Gasteiger partial charge in [-0.1, -0.05) is 127 Å². The molecular weight excluding hydrogens is 458 g/mol. The summed E-state index contributed by atoms with van der Waals surface area (Å²) in [6.45, 7) is 0. The van der Waals surface area contributed by atoms with Crippen molar-refractivity contribution in [1.82, 2.24) is 0 Å². The summed E-state index contributed by atoms with van der Waals surface area (Å²) in [5.41, 5.74) is 6.39. The smallest absolute Gasteiger partial charge is 0.0797 e. The number of fused-ring (bicyclic) bond motifs is 7. The summed E-state index contributed by atoms with van der Waals surface area (Å²) in [6.07, 6.45) is 7.62. The first-order chi connectivity index (χ1) is 18.8. The van der Waals surface area contributed by atoms with Crippen molar-refractivity contribution in [3.8, 4) is 11.1 Å². The third-order valence-corrected chi connectivity index (χ3v) is 8.13. The highest BCUT2D eigenvalue weighted by molar-refractivity contribution is 6.13. The third-order valence-electron chi connectivity index (χ3n) is 8.13. The summed E-state index contributed by atoms with van der Waals surface area (Å²) < 4.78 is 0. The molecule has 178 valence electrons. The maximum atomic E-state index is 5.26. The summed E-state index contributed by atoms with van der Waals surface area (Å²) in [4.78, 5) is 5.26. The predicted molar refractivity (Wildman–Crippen MR) is 160 cm³/mol. The van der Waals surface area contributed by atoms with E-state index in [1.54, 1.807) is 0 Å². The van der Waals surface area contributed by atoms with Gasteiger partial charge in [0.25, 0.3) is 0 Å². The fourth-order valence-corrected chi connectivity index (χ4v) is 6.33. The normalized spacial score (nSPS) is 16.3. The molecule has 1 atom stereocenters. The molecule has 0 fully saturated rings. The molecule has 0 radical (unpaired) electrons. The molecule has 0 saturated carbocycles. The van der Waals surface area contributed by atoms with Gasteiger partial charge in [-0.05, 0) is 67.3 Å². The van der Waals surface area contributed by atoms with E-state index in [1.165, 1.54) is 65.4 Å². The lowest BCUT2D eigenvalue weighted by Gasteiger charge is -2.25. The quantitative estimate of drug-likeness (QED) is 0.222. The molecule has 0 N–H and O–H groups in total. The van der Waals surface area contributed by atoms with Gasteiger partial charge in [0.1, 0.15) is 0 Å². The Hall–Kier alpha value is -4.75. The van der Waals surface area contributed by atoms with Crippen LogP contribution in [-0.2, 0) is 0 Å². The Balaban J connectivity index is 1.35. The molecule has 38 heavy (non-hydrogen) atoms. The molecule has 0 bridgehead atoms. The highest BCUT2D eigenvalue weighted by Crippen LogP contribution is 2.36. The lowest BCUT2D eigenvalue weighted by molar-refractivity contribution is 0.764. The van der Waals surface area contributed by atoms with E-state index in [4.69, 9.17) is 4.99 Å². The molecular formula is C37H25N. The van der Waals surface area contributed by atoms with Gasteiger partial charge in [-0.15, -0.1) is 0 Å². The first-order valence-corrected chi connectivity index (χ1v) is 13.3. The number of hydrogen-bond acceptors (Lipinski definition) is 1. The van der Waals surface area contributed by atoms with Crippen molar-refractivity contribution >= 4 is 37.9 Å². The van der Waals surface area contributed by atoms with Crippen molar-refractivity contribution in [2.24, 2.45) is 4.99 Å². The number of rotatable bonds is 2. The molecule has 2 aliphatic rings. The van der Waals surface area contributed by atoms with Crippen molar-refractivity contribution in [2.45, 2.75) is 12.5 Å². The standard InChI is InChI=1S/C37H25N/c1-4-12-29-24(9-1)21-22-33-36(32-15-7-8-16-35(32)38-37(29)33)26-19-17-25(18-20-26)34-23-27-10-2-3-11-28(27)30-13-5-6-14-31(30)34/h1-15,17-23,35H,16H2. The SMILES string of the molecule is C1=CCC2N=c3c(ccc4ccccc34)=C(c3ccc(-c4cc5ccccc5c5ccccc45)cc3)C2=C1. The Morgan fingerprint density at radius 2 is 1.26 bits per heavy atom. The van der Waals surface area contributed by atoms with Gasteiger partial charge in [-0.25, -0.2) is 0 Å². The Kier molecular flexibility index (Phi) is 4.72. The van der Waals surface area contributed by atoms with Crippen molar-refractivity contribution in [2.75, 3.05) is 0 Å². The fourth-order valence-electron chi connectivity index (χ4n) is 6.33. The Labute approximate surface area is 221 Å². The summed E-state index contributed by atoms with van der Waals surface area (Å²) in [7, 11) is 0. The molecule has 8 rings (SSSR count). The van der Waals surface area contributed by atoms with Gasteiger partial charge < -0.3 is 0 Å². The molecule has 1 nitrogen and oxygen atoms in total. The van der Waals surface area contributed by atoms with Gasteiger partial charge in [0.2, 0.25) is 0 Å². The summed E-state index contributed by atoms with van der Waals surface area (Å²) in [5, 5.41) is 10.00. The highest BCUT2D eigenvalue weighted by Gasteiger charge is 2.24. The van der Waals surface area contributed by atoms with E-state index in [0.29, 0.717) is 0 Å². The van der Waals surface area contributed by atoms with Gasteiger partial charge in [-0.3, -0.25) is 4.99 Å². The Morgan fingerprint density at radius 1 is 0.579 bits per heavy atom. The van der Waals surface area contributed by atoms with E-state index in [9.17, 15) is 0 Å². The van der Waals surface area contributed by atoms with Crippen molar-refractivity contribution < 1.29 is 0 Å². The molecule has 1 heteroatoms. The molecule has 0 spiro atoms. The van der Waals surface area contributed by atoms with Crippen molar-refractivity contribution in [3.63, 3.8) is 0 Å². The van der Waals surface area contributed by atoms with E-state index < -0.39 is 0 Å². The van der Waals surface area contributed by atoms with Crippen LogP contribution in [0.1, 0.15) is 12.0 Å². The average Bonchev–Trinajstić information content (AvgIpc) is 2.99. The minimum absolute atomic E-state index is 0.164. The minimum atomic E-state index is 0.164. The van der Waals surface area contributed by atoms with Crippen LogP contribution in [-0.4, -0.2) is 6.04 Å². The maximum Gasteiger partial charge on any atom is 0.0797 e. The first-order valence-electron chi connectivity index (χ1n) is 13.3. The number of nitrogens with zero attached hydrogens (tertiary/aromatic N) is 1. The first kappa shape index (κ1) is 21.3. The number of hydrogen-bond donors (Lipinski definition) is 0. The molecule has 1 heterocycles. The van der Waals surface area contributed by atoms with E-state index in [1.807, 2.05) is 0 Å². The largest absolute Gasteiger partial charge is 0.276 e. The van der Waals surface area contributed by atoms with Gasteiger partial charge in [-0.2, -0.15) is 0 Å². The molecule has 0 aromatic heterocycles. The van der Waals surface area contributed by atoms with Crippen molar-refractivity contribution in [3.05, 3.63) is 155 Å². The average molecular weight is 484 g/mol. The number of allylic oxidation sites excluding steroid dienone is 2. The lowest BCUT2D eigenvalue weighted by Crippen LogP contribution is -2.37. The molecule has 1 unspecified atom stereocenters. The van der Waals surface area contributed by atoms with Crippen LogP contribution in [0.5, 0.6) is 0 Å². The number of benzene rings is 6. The minimum Gasteiger partial charge on any atom is -0.276 e. The van der Waals surface area contributed by atoms with E-state index in [2.05, 4.69) is 133 Å². The summed E-state index contributed by atoms with van der Waals surface area (Å²) >= 11 is 0. The van der Waals surface area contributed by atoms with Crippen LogP contribution in [0.15, 0.2) is 144 Å². The summed E-state index contributed by atoms with van der Waals surface area (Å²) in [5.74, 6) is 0. The van der Waals surface area contributed by atoms with Gasteiger partial charge in [0.05, 0.1) is 11.4 Å². The highest BCUT2D eigenvalue weighted by atomic mass is 14.8. The molecule has 6 aromatic carbocycles. The molecule has 1 aliphatic heterocycles. The monoisotopic (exact) mass is 483 g/mol. The predicted octanol–water partition coefficient (Wildman–Crippen LogP) is 7.90. The van der Waals surface area contributed by atoms with E-state index in [-0.39, 0.29) is 6.04 Å². The van der Waals surface area contributed by atoms with E-state index >= 15 is 0 Å². The van der Waals surface area contributed by atoms with Gasteiger partial charge >= 0.3 is 0 Å². The van der Waals surface area contributed by atoms with Crippen LogP contribution in [0.2, 0.25) is 0 Å². The second-order valence-corrected chi connectivity index (χ2v) is 10.3. The van der Waals surface area contributed by atoms with Crippen LogP contribution in [0, 0.1) is 0 Å². The lowest BCUT2D eigenvalue weighted by atomic mass is 9.84. The van der Waals surface area contributed by atoms with Crippen molar-refractivity contribution in [1.29, 1.82) is 0 Å². The van der Waals surface area contributed by atoms with Crippen LogP contribution < -0.4 is 10.6 Å². The van der Waals surface area contributed by atoms with Gasteiger partial charge in [0.15, 0.2) is 0 Å². The second kappa shape index (κ2) is 8.39. The fraction of sp³-hybridized carbons (Fsp3) is 0.0541. The molecule has 6 aromatic rings. The third kappa shape index (κ3) is 3.22. The van der Waals surface area contributed by atoms with Crippen LogP contribution >= 0.6 is 0 Å². The van der Waals surface area contributed by atoms with Crippen LogP contribution in [0.25, 0.3) is 49.0 Å². The van der Waals surface area contributed by atoms with Gasteiger partial charge in [0, 0.05) is 10.6 Å². The Morgan fingerprint density at radius 3 is 2.11 bits per heavy atom. The second-order valence-electron chi connectivity index (χ2n) is 10.3. The van der Waals surface area contributed by atoms with Crippen LogP contribution in [0.4, 0.5) is 0 Å². The zero-order valence-electron chi connectivity index (χ0n) is 20.9. The molecule has 1 aliphatic carbocycles. The Bertz CT molecular complexity index is 2090. The van der Waals surface area contributed by atoms with E-state index in [0.717, 1.165) is 11.8 Å². The maximum absolute atomic E-state index is 5.26. The zero-order valence-corrected chi connectivity index (χ0v) is 20.9. The topological polar surface area (TPSA) is 12.4 Å².